The number of halogens is 1. The van der Waals surface area contributed by atoms with Gasteiger partial charge in [0.25, 0.3) is 0 Å². The normalized spacial score (nSPS) is 10.3. The molecule has 0 atom stereocenters. The predicted molar refractivity (Wildman–Crippen MR) is 65.1 cm³/mol. The summed E-state index contributed by atoms with van der Waals surface area (Å²) >= 11 is 5.78. The van der Waals surface area contributed by atoms with E-state index in [0.29, 0.717) is 10.0 Å². The molecule has 0 aromatic carbocycles. The summed E-state index contributed by atoms with van der Waals surface area (Å²) < 4.78 is 0.813. The molecule has 0 bridgehead atoms. The van der Waals surface area contributed by atoms with Crippen molar-refractivity contribution in [2.45, 2.75) is 10.1 Å². The van der Waals surface area contributed by atoms with Crippen LogP contribution in [-0.2, 0) is 0 Å². The van der Waals surface area contributed by atoms with Crippen molar-refractivity contribution in [2.24, 2.45) is 0 Å². The Bertz CT molecular complexity index is 512. The first-order valence-electron chi connectivity index (χ1n) is 4.12. The first kappa shape index (κ1) is 11.6. The lowest BCUT2D eigenvalue weighted by Gasteiger charge is -1.95. The van der Waals surface area contributed by atoms with Gasteiger partial charge in [-0.05, 0) is 33.8 Å². The molecule has 2 heterocycles. The summed E-state index contributed by atoms with van der Waals surface area (Å²) in [4.78, 5) is 20.0. The minimum absolute atomic E-state index is 0.319. The summed E-state index contributed by atoms with van der Waals surface area (Å²) in [6, 6.07) is 1.61. The van der Waals surface area contributed by atoms with Crippen molar-refractivity contribution in [3.05, 3.63) is 33.2 Å². The highest BCUT2D eigenvalue weighted by Crippen LogP contribution is 2.29. The summed E-state index contributed by atoms with van der Waals surface area (Å²) in [6.45, 7) is 0. The Hall–Kier alpha value is -0.920. The van der Waals surface area contributed by atoms with Crippen molar-refractivity contribution >= 4 is 45.0 Å². The Balaban J connectivity index is 2.14. The fourth-order valence-electron chi connectivity index (χ4n) is 0.943. The Morgan fingerprint density at radius 3 is 2.69 bits per heavy atom. The predicted octanol–water partition coefficient (Wildman–Crippen LogP) is 3.15. The average molecular weight is 317 g/mol. The zero-order valence-electron chi connectivity index (χ0n) is 7.75. The molecule has 2 aromatic rings. The zero-order chi connectivity index (χ0) is 11.5. The van der Waals surface area contributed by atoms with Crippen LogP contribution in [0.4, 0.5) is 0 Å². The first-order valence-corrected chi connectivity index (χ1v) is 6.61. The average Bonchev–Trinajstić information content (AvgIpc) is 2.70. The lowest BCUT2D eigenvalue weighted by atomic mass is 10.5. The van der Waals surface area contributed by atoms with Gasteiger partial charge in [0, 0.05) is 22.7 Å². The third-order valence-electron chi connectivity index (χ3n) is 1.59. The summed E-state index contributed by atoms with van der Waals surface area (Å²) in [5.41, 5.74) is 0. The number of aromatic carboxylic acids is 1. The van der Waals surface area contributed by atoms with Gasteiger partial charge in [0.15, 0.2) is 5.16 Å². The van der Waals surface area contributed by atoms with E-state index in [1.165, 1.54) is 23.1 Å². The van der Waals surface area contributed by atoms with E-state index in [-0.39, 0.29) is 0 Å². The maximum absolute atomic E-state index is 10.7. The molecule has 7 heteroatoms. The van der Waals surface area contributed by atoms with Gasteiger partial charge in [-0.15, -0.1) is 11.3 Å². The van der Waals surface area contributed by atoms with Gasteiger partial charge in [-0.3, -0.25) is 0 Å². The van der Waals surface area contributed by atoms with Gasteiger partial charge >= 0.3 is 5.97 Å². The van der Waals surface area contributed by atoms with Gasteiger partial charge in [-0.25, -0.2) is 14.8 Å². The van der Waals surface area contributed by atoms with E-state index in [9.17, 15) is 4.79 Å². The molecule has 1 N–H and O–H groups in total. The van der Waals surface area contributed by atoms with E-state index in [4.69, 9.17) is 5.11 Å². The number of carboxylic acid groups (broad SMARTS) is 1. The van der Waals surface area contributed by atoms with Crippen molar-refractivity contribution < 1.29 is 9.90 Å². The molecule has 16 heavy (non-hydrogen) atoms. The molecule has 82 valence electrons. The van der Waals surface area contributed by atoms with Crippen LogP contribution in [0, 0.1) is 0 Å². The van der Waals surface area contributed by atoms with E-state index < -0.39 is 5.97 Å². The minimum atomic E-state index is -0.909. The molecule has 4 nitrogen and oxygen atoms in total. The fraction of sp³-hybridized carbons (Fsp3) is 0. The standard InChI is InChI=1S/C9H5BrN2O2S2/c10-5-2-11-9(12-3-5)16-6-1-7(8(13)14)15-4-6/h1-4H,(H,13,14). The molecule has 0 aliphatic heterocycles. The van der Waals surface area contributed by atoms with Crippen LogP contribution in [0.25, 0.3) is 0 Å². The van der Waals surface area contributed by atoms with Crippen molar-refractivity contribution in [2.75, 3.05) is 0 Å². The molecule has 0 saturated carbocycles. The topological polar surface area (TPSA) is 63.1 Å². The largest absolute Gasteiger partial charge is 0.477 e. The van der Waals surface area contributed by atoms with Gasteiger partial charge in [0.1, 0.15) is 4.88 Å². The number of hydrogen-bond acceptors (Lipinski definition) is 5. The van der Waals surface area contributed by atoms with Crippen LogP contribution in [0.1, 0.15) is 9.67 Å². The van der Waals surface area contributed by atoms with E-state index in [2.05, 4.69) is 25.9 Å². The second-order valence-corrected chi connectivity index (χ2v) is 5.61. The van der Waals surface area contributed by atoms with Crippen molar-refractivity contribution in [1.29, 1.82) is 0 Å². The summed E-state index contributed by atoms with van der Waals surface area (Å²) in [7, 11) is 0. The lowest BCUT2D eigenvalue weighted by Crippen LogP contribution is -1.90. The van der Waals surface area contributed by atoms with Crippen molar-refractivity contribution in [1.82, 2.24) is 9.97 Å². The molecular weight excluding hydrogens is 312 g/mol. The number of thiophene rings is 1. The molecular formula is C9H5BrN2O2S2. The lowest BCUT2D eigenvalue weighted by molar-refractivity contribution is 0.0702. The zero-order valence-corrected chi connectivity index (χ0v) is 11.0. The van der Waals surface area contributed by atoms with Gasteiger partial charge in [-0.1, -0.05) is 0 Å². The molecule has 0 saturated heterocycles. The number of carbonyl (C=O) groups is 1. The summed E-state index contributed by atoms with van der Waals surface area (Å²) in [5.74, 6) is -0.909. The first-order chi connectivity index (χ1) is 7.65. The second-order valence-electron chi connectivity index (χ2n) is 2.74. The number of carboxylic acids is 1. The third-order valence-corrected chi connectivity index (χ3v) is 3.93. The number of rotatable bonds is 3. The molecule has 2 aromatic heterocycles. The molecule has 0 aliphatic carbocycles. The van der Waals surface area contributed by atoms with Gasteiger partial charge < -0.3 is 5.11 Å². The smallest absolute Gasteiger partial charge is 0.345 e. The highest BCUT2D eigenvalue weighted by molar-refractivity contribution is 9.10. The Morgan fingerprint density at radius 1 is 1.44 bits per heavy atom. The second kappa shape index (κ2) is 4.94. The quantitative estimate of drug-likeness (QED) is 0.881. The summed E-state index contributed by atoms with van der Waals surface area (Å²) in [6.07, 6.45) is 3.31. The van der Waals surface area contributed by atoms with Crippen LogP contribution in [0.5, 0.6) is 0 Å². The van der Waals surface area contributed by atoms with E-state index in [1.54, 1.807) is 23.8 Å². The number of nitrogens with zero attached hydrogens (tertiary/aromatic N) is 2. The van der Waals surface area contributed by atoms with Crippen LogP contribution >= 0.6 is 39.0 Å². The summed E-state index contributed by atoms with van der Waals surface area (Å²) in [5, 5.41) is 11.1. The van der Waals surface area contributed by atoms with Gasteiger partial charge in [0.2, 0.25) is 0 Å². The Morgan fingerprint density at radius 2 is 2.12 bits per heavy atom. The van der Waals surface area contributed by atoms with Gasteiger partial charge in [-0.2, -0.15) is 0 Å². The molecule has 0 unspecified atom stereocenters. The van der Waals surface area contributed by atoms with Crippen molar-refractivity contribution in [3.63, 3.8) is 0 Å². The highest BCUT2D eigenvalue weighted by atomic mass is 79.9. The highest BCUT2D eigenvalue weighted by Gasteiger charge is 2.08. The van der Waals surface area contributed by atoms with Crippen LogP contribution in [0.3, 0.4) is 0 Å². The van der Waals surface area contributed by atoms with Crippen molar-refractivity contribution in [3.8, 4) is 0 Å². The monoisotopic (exact) mass is 316 g/mol. The SMILES string of the molecule is O=C(O)c1cc(Sc2ncc(Br)cn2)cs1. The molecule has 0 fully saturated rings. The van der Waals surface area contributed by atoms with Crippen LogP contribution in [0.15, 0.2) is 38.4 Å². The maximum Gasteiger partial charge on any atom is 0.345 e. The van der Waals surface area contributed by atoms with E-state index in [0.717, 1.165) is 9.37 Å². The van der Waals surface area contributed by atoms with E-state index >= 15 is 0 Å². The number of aromatic nitrogens is 2. The Labute approximate surface area is 108 Å². The van der Waals surface area contributed by atoms with Gasteiger partial charge in [0.05, 0.1) is 4.47 Å². The molecule has 0 aliphatic rings. The molecule has 0 amide bonds. The van der Waals surface area contributed by atoms with E-state index in [1.807, 2.05) is 0 Å². The maximum atomic E-state index is 10.7. The fourth-order valence-corrected chi connectivity index (χ4v) is 2.76. The van der Waals surface area contributed by atoms with Crippen LogP contribution in [0.2, 0.25) is 0 Å². The molecule has 2 rings (SSSR count). The van der Waals surface area contributed by atoms with Crippen LogP contribution < -0.4 is 0 Å². The third kappa shape index (κ3) is 2.81. The minimum Gasteiger partial charge on any atom is -0.477 e. The number of hydrogen-bond donors (Lipinski definition) is 1. The molecule has 0 radical (unpaired) electrons. The van der Waals surface area contributed by atoms with Crippen LogP contribution in [-0.4, -0.2) is 21.0 Å². The Kier molecular flexibility index (Phi) is 3.57. The molecule has 0 spiro atoms.